The first-order valence-electron chi connectivity index (χ1n) is 6.95. The Balaban J connectivity index is 2.70. The van der Waals surface area contributed by atoms with Crippen LogP contribution < -0.4 is 0 Å². The van der Waals surface area contributed by atoms with Crippen LogP contribution in [0, 0.1) is 0 Å². The van der Waals surface area contributed by atoms with Crippen LogP contribution in [0.5, 0.6) is 0 Å². The number of hydrogen-bond donors (Lipinski definition) is 1. The van der Waals surface area contributed by atoms with Crippen molar-refractivity contribution in [2.75, 3.05) is 32.8 Å². The maximum absolute atomic E-state index is 12.5. The van der Waals surface area contributed by atoms with Crippen molar-refractivity contribution in [1.82, 2.24) is 9.80 Å². The highest BCUT2D eigenvalue weighted by molar-refractivity contribution is 5.76. The molecule has 0 aliphatic carbocycles. The molecule has 1 saturated heterocycles. The highest BCUT2D eigenvalue weighted by atomic mass is 16.5. The minimum absolute atomic E-state index is 0.0572. The van der Waals surface area contributed by atoms with Crippen molar-refractivity contribution >= 4 is 12.0 Å². The number of hydrogen-bond acceptors (Lipinski definition) is 3. The van der Waals surface area contributed by atoms with Gasteiger partial charge in [-0.05, 0) is 12.8 Å². The minimum atomic E-state index is -0.897. The number of nitrogens with zero attached hydrogens (tertiary/aromatic N) is 2. The Morgan fingerprint density at radius 3 is 2.47 bits per heavy atom. The molecule has 1 aliphatic rings. The molecule has 0 aromatic rings. The van der Waals surface area contributed by atoms with Gasteiger partial charge in [-0.2, -0.15) is 0 Å². The summed E-state index contributed by atoms with van der Waals surface area (Å²) in [5.74, 6) is -0.897. The second kappa shape index (κ2) is 7.99. The van der Waals surface area contributed by atoms with E-state index in [1.54, 1.807) is 9.80 Å². The quantitative estimate of drug-likeness (QED) is 0.793. The Labute approximate surface area is 114 Å². The number of carbonyl (C=O) groups is 2. The molecule has 1 fully saturated rings. The van der Waals surface area contributed by atoms with E-state index >= 15 is 0 Å². The number of ether oxygens (including phenoxy) is 1. The van der Waals surface area contributed by atoms with E-state index in [-0.39, 0.29) is 18.5 Å². The van der Waals surface area contributed by atoms with Crippen molar-refractivity contribution in [2.24, 2.45) is 0 Å². The predicted octanol–water partition coefficient (Wildman–Crippen LogP) is 1.40. The second-order valence-corrected chi connectivity index (χ2v) is 4.79. The third-order valence-corrected chi connectivity index (χ3v) is 3.14. The van der Waals surface area contributed by atoms with Crippen molar-refractivity contribution in [1.29, 1.82) is 0 Å². The zero-order chi connectivity index (χ0) is 14.3. The summed E-state index contributed by atoms with van der Waals surface area (Å²) in [5, 5.41) is 8.90. The molecule has 110 valence electrons. The summed E-state index contributed by atoms with van der Waals surface area (Å²) in [6.45, 7) is 6.75. The Kier molecular flexibility index (Phi) is 6.62. The second-order valence-electron chi connectivity index (χ2n) is 4.79. The smallest absolute Gasteiger partial charge is 0.320 e. The predicted molar refractivity (Wildman–Crippen MR) is 71.1 cm³/mol. The van der Waals surface area contributed by atoms with Crippen molar-refractivity contribution < 1.29 is 19.4 Å². The number of aliphatic carboxylic acids is 1. The van der Waals surface area contributed by atoms with Gasteiger partial charge in [0.2, 0.25) is 0 Å². The van der Waals surface area contributed by atoms with Crippen LogP contribution in [0.2, 0.25) is 0 Å². The summed E-state index contributed by atoms with van der Waals surface area (Å²) in [4.78, 5) is 26.8. The molecule has 0 spiro atoms. The van der Waals surface area contributed by atoms with Crippen LogP contribution in [-0.2, 0) is 9.53 Å². The Morgan fingerprint density at radius 2 is 1.95 bits per heavy atom. The van der Waals surface area contributed by atoms with Gasteiger partial charge in [-0.1, -0.05) is 13.8 Å². The summed E-state index contributed by atoms with van der Waals surface area (Å²) in [7, 11) is 0. The maximum atomic E-state index is 12.5. The van der Waals surface area contributed by atoms with E-state index in [0.717, 1.165) is 12.8 Å². The zero-order valence-electron chi connectivity index (χ0n) is 11.8. The van der Waals surface area contributed by atoms with Gasteiger partial charge < -0.3 is 19.6 Å². The zero-order valence-corrected chi connectivity index (χ0v) is 11.8. The lowest BCUT2D eigenvalue weighted by atomic mass is 10.1. The number of morpholine rings is 1. The summed E-state index contributed by atoms with van der Waals surface area (Å²) >= 11 is 0. The van der Waals surface area contributed by atoms with Crippen LogP contribution in [0.25, 0.3) is 0 Å². The van der Waals surface area contributed by atoms with Crippen molar-refractivity contribution in [3.05, 3.63) is 0 Å². The molecule has 1 aliphatic heterocycles. The van der Waals surface area contributed by atoms with E-state index in [4.69, 9.17) is 9.84 Å². The summed E-state index contributed by atoms with van der Waals surface area (Å²) in [5.41, 5.74) is 0. The van der Waals surface area contributed by atoms with Gasteiger partial charge in [0.25, 0.3) is 0 Å². The first kappa shape index (κ1) is 15.8. The van der Waals surface area contributed by atoms with Crippen molar-refractivity contribution in [3.63, 3.8) is 0 Å². The molecule has 0 radical (unpaired) electrons. The van der Waals surface area contributed by atoms with Gasteiger partial charge in [-0.25, -0.2) is 4.79 Å². The number of amides is 2. The van der Waals surface area contributed by atoms with Crippen LogP contribution in [0.15, 0.2) is 0 Å². The maximum Gasteiger partial charge on any atom is 0.320 e. The van der Waals surface area contributed by atoms with Gasteiger partial charge in [0.05, 0.1) is 25.7 Å². The first-order valence-corrected chi connectivity index (χ1v) is 6.95. The van der Waals surface area contributed by atoms with E-state index in [1.807, 2.05) is 13.8 Å². The molecule has 0 bridgehead atoms. The molecule has 0 aromatic heterocycles. The standard InChI is InChI=1S/C13H24N2O4/c1-3-5-14(6-4-2)13(18)15-7-8-19-10-11(15)9-12(16)17/h11H,3-10H2,1-2H3,(H,16,17). The monoisotopic (exact) mass is 272 g/mol. The summed E-state index contributed by atoms with van der Waals surface area (Å²) in [6, 6.07) is -0.409. The first-order chi connectivity index (χ1) is 9.10. The third kappa shape index (κ3) is 4.70. The van der Waals surface area contributed by atoms with Gasteiger partial charge in [0.15, 0.2) is 0 Å². The van der Waals surface area contributed by atoms with Crippen LogP contribution in [-0.4, -0.2) is 65.8 Å². The van der Waals surface area contributed by atoms with Gasteiger partial charge in [0.1, 0.15) is 0 Å². The minimum Gasteiger partial charge on any atom is -0.481 e. The third-order valence-electron chi connectivity index (χ3n) is 3.14. The van der Waals surface area contributed by atoms with Gasteiger partial charge in [0, 0.05) is 19.6 Å². The number of carboxylic acid groups (broad SMARTS) is 1. The fraction of sp³-hybridized carbons (Fsp3) is 0.846. The topological polar surface area (TPSA) is 70.1 Å². The number of carbonyl (C=O) groups excluding carboxylic acids is 1. The van der Waals surface area contributed by atoms with Crippen LogP contribution in [0.1, 0.15) is 33.1 Å². The van der Waals surface area contributed by atoms with E-state index in [9.17, 15) is 9.59 Å². The molecule has 0 aromatic carbocycles. The molecule has 2 amide bonds. The van der Waals surface area contributed by atoms with Crippen LogP contribution >= 0.6 is 0 Å². The Hall–Kier alpha value is -1.30. The molecule has 6 nitrogen and oxygen atoms in total. The van der Waals surface area contributed by atoms with E-state index in [2.05, 4.69) is 0 Å². The van der Waals surface area contributed by atoms with Crippen LogP contribution in [0.4, 0.5) is 4.79 Å². The molecule has 1 N–H and O–H groups in total. The summed E-state index contributed by atoms with van der Waals surface area (Å²) < 4.78 is 5.29. The molecule has 19 heavy (non-hydrogen) atoms. The Morgan fingerprint density at radius 1 is 1.32 bits per heavy atom. The van der Waals surface area contributed by atoms with E-state index < -0.39 is 5.97 Å². The molecule has 1 atom stereocenters. The number of carboxylic acids is 1. The number of rotatable bonds is 6. The Bertz CT molecular complexity index is 303. The van der Waals surface area contributed by atoms with Gasteiger partial charge in [-0.15, -0.1) is 0 Å². The van der Waals surface area contributed by atoms with Gasteiger partial charge >= 0.3 is 12.0 Å². The molecule has 0 saturated carbocycles. The lowest BCUT2D eigenvalue weighted by Crippen LogP contribution is -2.54. The fourth-order valence-electron chi connectivity index (χ4n) is 2.30. The largest absolute Gasteiger partial charge is 0.481 e. The van der Waals surface area contributed by atoms with E-state index in [1.165, 1.54) is 0 Å². The fourth-order valence-corrected chi connectivity index (χ4v) is 2.30. The molecule has 1 unspecified atom stereocenters. The normalized spacial score (nSPS) is 19.3. The average Bonchev–Trinajstić information content (AvgIpc) is 2.38. The molecular formula is C13H24N2O4. The number of urea groups is 1. The SMILES string of the molecule is CCCN(CCC)C(=O)N1CCOCC1CC(=O)O. The molecule has 6 heteroatoms. The van der Waals surface area contributed by atoms with Crippen molar-refractivity contribution in [3.8, 4) is 0 Å². The highest BCUT2D eigenvalue weighted by Crippen LogP contribution is 2.14. The van der Waals surface area contributed by atoms with Crippen LogP contribution in [0.3, 0.4) is 0 Å². The lowest BCUT2D eigenvalue weighted by Gasteiger charge is -2.38. The van der Waals surface area contributed by atoms with Crippen molar-refractivity contribution in [2.45, 2.75) is 39.2 Å². The average molecular weight is 272 g/mol. The summed E-state index contributed by atoms with van der Waals surface area (Å²) in [6.07, 6.45) is 1.75. The molecular weight excluding hydrogens is 248 g/mol. The lowest BCUT2D eigenvalue weighted by molar-refractivity contribution is -0.139. The van der Waals surface area contributed by atoms with Gasteiger partial charge in [-0.3, -0.25) is 4.79 Å². The molecule has 1 rings (SSSR count). The highest BCUT2D eigenvalue weighted by Gasteiger charge is 2.31. The molecule has 1 heterocycles. The van der Waals surface area contributed by atoms with E-state index in [0.29, 0.717) is 32.8 Å².